The van der Waals surface area contributed by atoms with Gasteiger partial charge >= 0.3 is 0 Å². The number of hydrogen-bond acceptors (Lipinski definition) is 4. The van der Waals surface area contributed by atoms with Crippen LogP contribution in [0.2, 0.25) is 0 Å². The molecule has 0 unspecified atom stereocenters. The molecule has 6 heteroatoms. The Labute approximate surface area is 115 Å². The first-order chi connectivity index (χ1) is 8.58. The van der Waals surface area contributed by atoms with Crippen LogP contribution in [0.15, 0.2) is 22.7 Å². The second-order valence-corrected chi connectivity index (χ2v) is 4.78. The second kappa shape index (κ2) is 7.11. The van der Waals surface area contributed by atoms with Gasteiger partial charge in [-0.1, -0.05) is 22.0 Å². The molecule has 0 aliphatic heterocycles. The SMILES string of the molecule is CN(CCC#N)Cc1ccc(C(=O)NN)cc1Br. The molecule has 1 rings (SSSR count). The van der Waals surface area contributed by atoms with Gasteiger partial charge in [-0.05, 0) is 24.7 Å². The molecule has 1 aromatic rings. The molecule has 5 nitrogen and oxygen atoms in total. The number of rotatable bonds is 5. The van der Waals surface area contributed by atoms with Gasteiger partial charge in [-0.25, -0.2) is 5.84 Å². The maximum absolute atomic E-state index is 11.3. The van der Waals surface area contributed by atoms with Crippen LogP contribution in [-0.4, -0.2) is 24.4 Å². The highest BCUT2D eigenvalue weighted by atomic mass is 79.9. The molecular formula is C12H15BrN4O. The first-order valence-corrected chi connectivity index (χ1v) is 6.22. The van der Waals surface area contributed by atoms with Crippen LogP contribution in [0.3, 0.4) is 0 Å². The van der Waals surface area contributed by atoms with Crippen molar-refractivity contribution in [3.05, 3.63) is 33.8 Å². The monoisotopic (exact) mass is 310 g/mol. The molecule has 0 radical (unpaired) electrons. The fourth-order valence-corrected chi connectivity index (χ4v) is 2.02. The predicted molar refractivity (Wildman–Crippen MR) is 72.4 cm³/mol. The number of benzene rings is 1. The van der Waals surface area contributed by atoms with Gasteiger partial charge in [-0.15, -0.1) is 0 Å². The summed E-state index contributed by atoms with van der Waals surface area (Å²) < 4.78 is 0.854. The molecule has 0 spiro atoms. The molecule has 0 aromatic heterocycles. The van der Waals surface area contributed by atoms with Crippen molar-refractivity contribution in [2.45, 2.75) is 13.0 Å². The van der Waals surface area contributed by atoms with E-state index in [1.54, 1.807) is 12.1 Å². The molecule has 0 bridgehead atoms. The van der Waals surface area contributed by atoms with E-state index in [4.69, 9.17) is 11.1 Å². The van der Waals surface area contributed by atoms with Crippen LogP contribution in [0.1, 0.15) is 22.3 Å². The van der Waals surface area contributed by atoms with Crippen LogP contribution in [0.5, 0.6) is 0 Å². The summed E-state index contributed by atoms with van der Waals surface area (Å²) in [4.78, 5) is 13.4. The lowest BCUT2D eigenvalue weighted by Crippen LogP contribution is -2.30. The van der Waals surface area contributed by atoms with E-state index in [0.29, 0.717) is 25.1 Å². The Morgan fingerprint density at radius 1 is 1.61 bits per heavy atom. The van der Waals surface area contributed by atoms with Crippen molar-refractivity contribution in [3.8, 4) is 6.07 Å². The molecule has 1 amide bonds. The lowest BCUT2D eigenvalue weighted by molar-refractivity contribution is 0.0953. The number of nitriles is 1. The summed E-state index contributed by atoms with van der Waals surface area (Å²) in [7, 11) is 1.95. The fraction of sp³-hybridized carbons (Fsp3) is 0.333. The highest BCUT2D eigenvalue weighted by Gasteiger charge is 2.08. The second-order valence-electron chi connectivity index (χ2n) is 3.93. The third-order valence-electron chi connectivity index (χ3n) is 2.49. The smallest absolute Gasteiger partial charge is 0.265 e. The maximum Gasteiger partial charge on any atom is 0.265 e. The number of carbonyl (C=O) groups excluding carboxylic acids is 1. The number of hydrogen-bond donors (Lipinski definition) is 2. The van der Waals surface area contributed by atoms with E-state index in [0.717, 1.165) is 10.0 Å². The van der Waals surface area contributed by atoms with Crippen molar-refractivity contribution in [3.63, 3.8) is 0 Å². The van der Waals surface area contributed by atoms with E-state index in [2.05, 4.69) is 27.4 Å². The number of carbonyl (C=O) groups is 1. The molecule has 18 heavy (non-hydrogen) atoms. The normalized spacial score (nSPS) is 10.2. The standard InChI is InChI=1S/C12H15BrN4O/c1-17(6-2-5-14)8-10-4-3-9(7-11(10)13)12(18)16-15/h3-4,7H,2,6,8,15H2,1H3,(H,16,18). The van der Waals surface area contributed by atoms with Crippen LogP contribution < -0.4 is 11.3 Å². The Kier molecular flexibility index (Phi) is 5.78. The zero-order valence-corrected chi connectivity index (χ0v) is 11.7. The molecule has 0 fully saturated rings. The Morgan fingerprint density at radius 3 is 2.89 bits per heavy atom. The van der Waals surface area contributed by atoms with Crippen molar-refractivity contribution in [1.29, 1.82) is 5.26 Å². The highest BCUT2D eigenvalue weighted by Crippen LogP contribution is 2.20. The van der Waals surface area contributed by atoms with E-state index in [-0.39, 0.29) is 5.91 Å². The van der Waals surface area contributed by atoms with Crippen LogP contribution in [0, 0.1) is 11.3 Å². The largest absolute Gasteiger partial charge is 0.301 e. The summed E-state index contributed by atoms with van der Waals surface area (Å²) in [6.45, 7) is 1.43. The van der Waals surface area contributed by atoms with Crippen molar-refractivity contribution >= 4 is 21.8 Å². The average Bonchev–Trinajstić information content (AvgIpc) is 2.37. The predicted octanol–water partition coefficient (Wildman–Crippen LogP) is 1.40. The number of nitrogens with two attached hydrogens (primary N) is 1. The maximum atomic E-state index is 11.3. The van der Waals surface area contributed by atoms with E-state index < -0.39 is 0 Å². The van der Waals surface area contributed by atoms with Gasteiger partial charge in [0.05, 0.1) is 6.07 Å². The molecule has 0 saturated heterocycles. The fourth-order valence-electron chi connectivity index (χ4n) is 1.51. The minimum absolute atomic E-state index is 0.319. The molecule has 1 aromatic carbocycles. The Bertz CT molecular complexity index is 470. The molecule has 0 atom stereocenters. The molecule has 3 N–H and O–H groups in total. The average molecular weight is 311 g/mol. The first kappa shape index (κ1) is 14.6. The van der Waals surface area contributed by atoms with E-state index in [9.17, 15) is 4.79 Å². The summed E-state index contributed by atoms with van der Waals surface area (Å²) >= 11 is 3.43. The van der Waals surface area contributed by atoms with Gasteiger partial charge in [0.15, 0.2) is 0 Å². The van der Waals surface area contributed by atoms with Gasteiger partial charge in [0, 0.05) is 29.5 Å². The lowest BCUT2D eigenvalue weighted by atomic mass is 10.1. The van der Waals surface area contributed by atoms with Crippen molar-refractivity contribution in [1.82, 2.24) is 10.3 Å². The molecule has 0 heterocycles. The molecule has 0 saturated carbocycles. The van der Waals surface area contributed by atoms with E-state index >= 15 is 0 Å². The van der Waals surface area contributed by atoms with Crippen molar-refractivity contribution in [2.75, 3.05) is 13.6 Å². The third-order valence-corrected chi connectivity index (χ3v) is 3.23. The number of nitrogens with one attached hydrogen (secondary N) is 1. The van der Waals surface area contributed by atoms with Crippen LogP contribution in [-0.2, 0) is 6.54 Å². The van der Waals surface area contributed by atoms with E-state index in [1.807, 2.05) is 18.0 Å². The molecule has 0 aliphatic rings. The number of nitrogen functional groups attached to an aromatic ring is 1. The van der Waals surface area contributed by atoms with Gasteiger partial charge in [0.2, 0.25) is 0 Å². The summed E-state index contributed by atoms with van der Waals surface area (Å²) in [5.74, 6) is 4.75. The van der Waals surface area contributed by atoms with Crippen LogP contribution >= 0.6 is 15.9 Å². The van der Waals surface area contributed by atoms with Crippen molar-refractivity contribution < 1.29 is 4.79 Å². The lowest BCUT2D eigenvalue weighted by Gasteiger charge is -2.16. The summed E-state index contributed by atoms with van der Waals surface area (Å²) in [5.41, 5.74) is 3.66. The number of amides is 1. The zero-order valence-electron chi connectivity index (χ0n) is 10.1. The Balaban J connectivity index is 2.74. The minimum atomic E-state index is -0.319. The summed E-state index contributed by atoms with van der Waals surface area (Å²) in [5, 5.41) is 8.52. The highest BCUT2D eigenvalue weighted by molar-refractivity contribution is 9.10. The van der Waals surface area contributed by atoms with E-state index in [1.165, 1.54) is 0 Å². The van der Waals surface area contributed by atoms with Crippen LogP contribution in [0.25, 0.3) is 0 Å². The summed E-state index contributed by atoms with van der Waals surface area (Å²) in [6, 6.07) is 7.44. The quantitative estimate of drug-likeness (QED) is 0.489. The van der Waals surface area contributed by atoms with Crippen molar-refractivity contribution in [2.24, 2.45) is 5.84 Å². The Hall–Kier alpha value is -1.42. The number of halogens is 1. The molecule has 96 valence electrons. The minimum Gasteiger partial charge on any atom is -0.301 e. The topological polar surface area (TPSA) is 82.2 Å². The molecule has 0 aliphatic carbocycles. The Morgan fingerprint density at radius 2 is 2.33 bits per heavy atom. The van der Waals surface area contributed by atoms with Gasteiger partial charge in [0.25, 0.3) is 5.91 Å². The molecular weight excluding hydrogens is 296 g/mol. The zero-order chi connectivity index (χ0) is 13.5. The first-order valence-electron chi connectivity index (χ1n) is 5.43. The summed E-state index contributed by atoms with van der Waals surface area (Å²) in [6.07, 6.45) is 0.502. The number of nitrogens with zero attached hydrogens (tertiary/aromatic N) is 2. The van der Waals surface area contributed by atoms with Gasteiger partial charge in [-0.2, -0.15) is 5.26 Å². The number of hydrazine groups is 1. The van der Waals surface area contributed by atoms with Gasteiger partial charge < -0.3 is 4.90 Å². The van der Waals surface area contributed by atoms with Gasteiger partial charge in [-0.3, -0.25) is 10.2 Å². The third kappa shape index (κ3) is 4.11. The van der Waals surface area contributed by atoms with Crippen LogP contribution in [0.4, 0.5) is 0 Å². The van der Waals surface area contributed by atoms with Gasteiger partial charge in [0.1, 0.15) is 0 Å².